The minimum atomic E-state index is -0.474. The van der Waals surface area contributed by atoms with Gasteiger partial charge in [0.05, 0.1) is 6.54 Å². The van der Waals surface area contributed by atoms with Crippen molar-refractivity contribution in [1.82, 2.24) is 9.80 Å². The zero-order valence-electron chi connectivity index (χ0n) is 15.9. The highest BCUT2D eigenvalue weighted by Crippen LogP contribution is 2.34. The molecule has 2 aromatic carbocycles. The Hall–Kier alpha value is -2.34. The first-order chi connectivity index (χ1) is 13.5. The molecule has 28 heavy (non-hydrogen) atoms. The summed E-state index contributed by atoms with van der Waals surface area (Å²) in [5, 5.41) is 0. The molecule has 2 amide bonds. The molecule has 0 bridgehead atoms. The Morgan fingerprint density at radius 3 is 2.54 bits per heavy atom. The van der Waals surface area contributed by atoms with Crippen molar-refractivity contribution in [3.63, 3.8) is 0 Å². The predicted molar refractivity (Wildman–Crippen MR) is 110 cm³/mol. The lowest BCUT2D eigenvalue weighted by molar-refractivity contribution is 0.00312. The molecule has 4 rings (SSSR count). The molecule has 2 heterocycles. The number of amides is 2. The van der Waals surface area contributed by atoms with Crippen LogP contribution in [0.3, 0.4) is 0 Å². The van der Waals surface area contributed by atoms with Gasteiger partial charge < -0.3 is 9.64 Å². The van der Waals surface area contributed by atoms with Gasteiger partial charge in [0.25, 0.3) is 5.91 Å². The fourth-order valence-corrected chi connectivity index (χ4v) is 4.20. The number of hydrogen-bond donors (Lipinski definition) is 0. The second-order valence-corrected chi connectivity index (χ2v) is 8.50. The van der Waals surface area contributed by atoms with E-state index in [-0.39, 0.29) is 12.0 Å². The van der Waals surface area contributed by atoms with Crippen LogP contribution in [-0.2, 0) is 11.3 Å². The molecular weight excluding hydrogens is 420 g/mol. The number of halogens is 1. The van der Waals surface area contributed by atoms with Gasteiger partial charge in [-0.15, -0.1) is 0 Å². The number of ether oxygens (including phenoxy) is 1. The van der Waals surface area contributed by atoms with Gasteiger partial charge in [0.1, 0.15) is 5.60 Å². The fourth-order valence-electron chi connectivity index (χ4n) is 3.96. The minimum Gasteiger partial charge on any atom is -0.441 e. The number of likely N-dealkylation sites (tertiary alicyclic amines) is 1. The van der Waals surface area contributed by atoms with E-state index in [2.05, 4.69) is 15.9 Å². The maximum Gasteiger partial charge on any atom is 0.410 e. The third kappa shape index (κ3) is 3.78. The van der Waals surface area contributed by atoms with Crippen LogP contribution < -0.4 is 0 Å². The Bertz CT molecular complexity index is 892. The van der Waals surface area contributed by atoms with Crippen molar-refractivity contribution in [3.05, 3.63) is 69.7 Å². The molecule has 2 saturated heterocycles. The van der Waals surface area contributed by atoms with Crippen LogP contribution in [0.15, 0.2) is 53.0 Å². The van der Waals surface area contributed by atoms with E-state index in [0.29, 0.717) is 44.6 Å². The quantitative estimate of drug-likeness (QED) is 0.708. The van der Waals surface area contributed by atoms with Gasteiger partial charge in [-0.3, -0.25) is 9.69 Å². The molecule has 0 N–H and O–H groups in total. The summed E-state index contributed by atoms with van der Waals surface area (Å²) in [5.74, 6) is 0.0379. The Kier molecular flexibility index (Phi) is 5.15. The summed E-state index contributed by atoms with van der Waals surface area (Å²) < 4.78 is 6.78. The molecule has 2 fully saturated rings. The number of rotatable bonds is 3. The third-order valence-corrected chi connectivity index (χ3v) is 6.51. The van der Waals surface area contributed by atoms with Crippen LogP contribution in [0.1, 0.15) is 34.3 Å². The van der Waals surface area contributed by atoms with Gasteiger partial charge in [0.2, 0.25) is 0 Å². The molecule has 6 heteroatoms. The Labute approximate surface area is 173 Å². The maximum atomic E-state index is 12.8. The van der Waals surface area contributed by atoms with Gasteiger partial charge in [-0.1, -0.05) is 46.3 Å². The van der Waals surface area contributed by atoms with E-state index in [0.717, 1.165) is 15.6 Å². The summed E-state index contributed by atoms with van der Waals surface area (Å²) in [4.78, 5) is 28.8. The van der Waals surface area contributed by atoms with Crippen LogP contribution in [0.25, 0.3) is 0 Å². The molecule has 5 nitrogen and oxygen atoms in total. The van der Waals surface area contributed by atoms with E-state index >= 15 is 0 Å². The number of benzene rings is 2. The number of aryl methyl sites for hydroxylation is 1. The predicted octanol–water partition coefficient (Wildman–Crippen LogP) is 4.38. The molecule has 1 spiro atoms. The second kappa shape index (κ2) is 7.59. The van der Waals surface area contributed by atoms with Crippen LogP contribution in [0.4, 0.5) is 4.79 Å². The van der Waals surface area contributed by atoms with E-state index < -0.39 is 5.60 Å². The molecule has 0 unspecified atom stereocenters. The second-order valence-electron chi connectivity index (χ2n) is 7.65. The van der Waals surface area contributed by atoms with E-state index in [1.54, 1.807) is 4.90 Å². The summed E-state index contributed by atoms with van der Waals surface area (Å²) >= 11 is 3.47. The van der Waals surface area contributed by atoms with Crippen molar-refractivity contribution >= 4 is 27.9 Å². The van der Waals surface area contributed by atoms with E-state index in [1.165, 1.54) is 0 Å². The monoisotopic (exact) mass is 442 g/mol. The van der Waals surface area contributed by atoms with Crippen molar-refractivity contribution in [2.24, 2.45) is 0 Å². The zero-order chi connectivity index (χ0) is 19.7. The first kappa shape index (κ1) is 19.0. The Morgan fingerprint density at radius 2 is 1.86 bits per heavy atom. The van der Waals surface area contributed by atoms with Crippen molar-refractivity contribution in [1.29, 1.82) is 0 Å². The van der Waals surface area contributed by atoms with Crippen LogP contribution >= 0.6 is 15.9 Å². The maximum absolute atomic E-state index is 12.8. The molecule has 0 aromatic heterocycles. The zero-order valence-corrected chi connectivity index (χ0v) is 17.4. The summed E-state index contributed by atoms with van der Waals surface area (Å²) in [6.45, 7) is 4.31. The number of hydrogen-bond acceptors (Lipinski definition) is 3. The first-order valence-electron chi connectivity index (χ1n) is 9.53. The lowest BCUT2D eigenvalue weighted by Crippen LogP contribution is -2.48. The molecule has 0 saturated carbocycles. The average Bonchev–Trinajstić information content (AvgIpc) is 2.99. The Morgan fingerprint density at radius 1 is 1.14 bits per heavy atom. The number of carbonyl (C=O) groups is 2. The topological polar surface area (TPSA) is 49.9 Å². The number of piperidine rings is 1. The van der Waals surface area contributed by atoms with Crippen molar-refractivity contribution < 1.29 is 14.3 Å². The molecule has 0 aliphatic carbocycles. The highest BCUT2D eigenvalue weighted by Gasteiger charge is 2.47. The molecule has 2 aliphatic heterocycles. The van der Waals surface area contributed by atoms with Gasteiger partial charge in [-0.05, 0) is 36.2 Å². The van der Waals surface area contributed by atoms with Gasteiger partial charge in [0, 0.05) is 42.5 Å². The largest absolute Gasteiger partial charge is 0.441 e. The molecule has 146 valence electrons. The molecule has 0 atom stereocenters. The van der Waals surface area contributed by atoms with Gasteiger partial charge in [-0.2, -0.15) is 0 Å². The first-order valence-corrected chi connectivity index (χ1v) is 10.3. The lowest BCUT2D eigenvalue weighted by Gasteiger charge is -2.37. The van der Waals surface area contributed by atoms with Crippen LogP contribution in [0, 0.1) is 6.92 Å². The Balaban J connectivity index is 1.39. The molecule has 2 aliphatic rings. The normalized spacial score (nSPS) is 18.4. The SMILES string of the molecule is Cc1cc(C(=O)N2CCC3(CC2)CN(Cc2ccccc2)C(=O)O3)ccc1Br. The van der Waals surface area contributed by atoms with Crippen LogP contribution in [0.5, 0.6) is 0 Å². The van der Waals surface area contributed by atoms with Gasteiger partial charge >= 0.3 is 6.09 Å². The minimum absolute atomic E-state index is 0.0379. The van der Waals surface area contributed by atoms with E-state index in [9.17, 15) is 9.59 Å². The molecule has 0 radical (unpaired) electrons. The van der Waals surface area contributed by atoms with Crippen molar-refractivity contribution in [2.45, 2.75) is 31.9 Å². The summed E-state index contributed by atoms with van der Waals surface area (Å²) in [5.41, 5.74) is 2.36. The molecule has 2 aromatic rings. The van der Waals surface area contributed by atoms with E-state index in [4.69, 9.17) is 4.74 Å². The number of nitrogens with zero attached hydrogens (tertiary/aromatic N) is 2. The third-order valence-electron chi connectivity index (χ3n) is 5.62. The summed E-state index contributed by atoms with van der Waals surface area (Å²) in [6.07, 6.45) is 1.09. The van der Waals surface area contributed by atoms with Crippen LogP contribution in [-0.4, -0.2) is 47.0 Å². The average molecular weight is 443 g/mol. The van der Waals surface area contributed by atoms with E-state index in [1.807, 2.05) is 60.4 Å². The van der Waals surface area contributed by atoms with Crippen LogP contribution in [0.2, 0.25) is 0 Å². The highest BCUT2D eigenvalue weighted by molar-refractivity contribution is 9.10. The van der Waals surface area contributed by atoms with Crippen molar-refractivity contribution in [3.8, 4) is 0 Å². The standard InChI is InChI=1S/C22H23BrN2O3/c1-16-13-18(7-8-19(16)23)20(26)24-11-9-22(10-12-24)15-25(21(27)28-22)14-17-5-3-2-4-6-17/h2-8,13H,9-12,14-15H2,1H3. The highest BCUT2D eigenvalue weighted by atomic mass is 79.9. The lowest BCUT2D eigenvalue weighted by atomic mass is 9.91. The smallest absolute Gasteiger partial charge is 0.410 e. The van der Waals surface area contributed by atoms with Gasteiger partial charge in [0.15, 0.2) is 0 Å². The summed E-state index contributed by atoms with van der Waals surface area (Å²) in [6, 6.07) is 15.6. The van der Waals surface area contributed by atoms with Gasteiger partial charge in [-0.25, -0.2) is 4.79 Å². The fraction of sp³-hybridized carbons (Fsp3) is 0.364. The molecular formula is C22H23BrN2O3. The van der Waals surface area contributed by atoms with Crippen molar-refractivity contribution in [2.75, 3.05) is 19.6 Å². The number of carbonyl (C=O) groups excluding carboxylic acids is 2. The summed E-state index contributed by atoms with van der Waals surface area (Å²) in [7, 11) is 0.